The smallest absolute Gasteiger partial charge is 0.407 e. The van der Waals surface area contributed by atoms with E-state index in [4.69, 9.17) is 9.84 Å². The molecule has 156 valence electrons. The first kappa shape index (κ1) is 20.9. The largest absolute Gasteiger partial charge is 0.444 e. The van der Waals surface area contributed by atoms with Gasteiger partial charge < -0.3 is 20.1 Å². The average molecular weight is 406 g/mol. The molecule has 0 aliphatic carbocycles. The Morgan fingerprint density at radius 3 is 2.59 bits per heavy atom. The van der Waals surface area contributed by atoms with Crippen molar-refractivity contribution >= 4 is 12.0 Å². The molecular formula is C20H24F2N4O3. The second-order valence-electron chi connectivity index (χ2n) is 7.98. The molecule has 1 aromatic heterocycles. The summed E-state index contributed by atoms with van der Waals surface area (Å²) in [5.41, 5.74) is 0.0372. The van der Waals surface area contributed by atoms with Gasteiger partial charge in [0.15, 0.2) is 0 Å². The first-order valence-corrected chi connectivity index (χ1v) is 9.27. The van der Waals surface area contributed by atoms with Crippen LogP contribution < -0.4 is 10.2 Å². The van der Waals surface area contributed by atoms with E-state index in [2.05, 4.69) is 15.3 Å². The van der Waals surface area contributed by atoms with Crippen LogP contribution in [0.15, 0.2) is 30.6 Å². The maximum absolute atomic E-state index is 14.4. The quantitative estimate of drug-likeness (QED) is 0.812. The summed E-state index contributed by atoms with van der Waals surface area (Å²) in [5, 5.41) is 11.9. The Labute approximate surface area is 167 Å². The van der Waals surface area contributed by atoms with Crippen molar-refractivity contribution in [1.82, 2.24) is 15.3 Å². The molecule has 7 nitrogen and oxygen atoms in total. The Morgan fingerprint density at radius 1 is 1.28 bits per heavy atom. The number of rotatable bonds is 4. The van der Waals surface area contributed by atoms with Crippen molar-refractivity contribution in [3.8, 4) is 0 Å². The summed E-state index contributed by atoms with van der Waals surface area (Å²) in [7, 11) is 0. The Morgan fingerprint density at radius 2 is 1.97 bits per heavy atom. The lowest BCUT2D eigenvalue weighted by Crippen LogP contribution is -2.43. The van der Waals surface area contributed by atoms with E-state index in [1.54, 1.807) is 25.7 Å². The summed E-state index contributed by atoms with van der Waals surface area (Å²) >= 11 is 0. The highest BCUT2D eigenvalue weighted by Gasteiger charge is 2.38. The van der Waals surface area contributed by atoms with Gasteiger partial charge in [0.05, 0.1) is 12.6 Å². The number of aliphatic hydroxyl groups is 1. The van der Waals surface area contributed by atoms with Gasteiger partial charge in [0, 0.05) is 37.0 Å². The van der Waals surface area contributed by atoms with Crippen LogP contribution in [-0.2, 0) is 11.3 Å². The number of aromatic nitrogens is 2. The number of ether oxygens (including phenoxy) is 1. The van der Waals surface area contributed by atoms with Crippen molar-refractivity contribution in [3.05, 3.63) is 53.4 Å². The molecule has 1 aliphatic heterocycles. The third-order valence-corrected chi connectivity index (χ3v) is 4.54. The number of amides is 1. The van der Waals surface area contributed by atoms with Crippen LogP contribution in [0.2, 0.25) is 0 Å². The van der Waals surface area contributed by atoms with Gasteiger partial charge in [0.2, 0.25) is 5.95 Å². The Kier molecular flexibility index (Phi) is 5.97. The summed E-state index contributed by atoms with van der Waals surface area (Å²) in [5.74, 6) is -1.26. The first-order chi connectivity index (χ1) is 13.7. The number of benzene rings is 1. The van der Waals surface area contributed by atoms with Crippen LogP contribution in [0, 0.1) is 11.6 Å². The minimum absolute atomic E-state index is 0.167. The van der Waals surface area contributed by atoms with Crippen molar-refractivity contribution < 1.29 is 23.4 Å². The van der Waals surface area contributed by atoms with Gasteiger partial charge in [-0.1, -0.05) is 0 Å². The lowest BCUT2D eigenvalue weighted by molar-refractivity contribution is 0.0504. The molecule has 29 heavy (non-hydrogen) atoms. The fourth-order valence-corrected chi connectivity index (χ4v) is 3.28. The second-order valence-corrected chi connectivity index (χ2v) is 7.98. The topological polar surface area (TPSA) is 87.6 Å². The molecular weight excluding hydrogens is 382 g/mol. The molecule has 0 radical (unpaired) electrons. The molecule has 2 N–H and O–H groups in total. The second kappa shape index (κ2) is 8.28. The molecule has 1 amide bonds. The summed E-state index contributed by atoms with van der Waals surface area (Å²) < 4.78 is 33.5. The van der Waals surface area contributed by atoms with Gasteiger partial charge >= 0.3 is 6.09 Å². The zero-order valence-corrected chi connectivity index (χ0v) is 16.5. The number of carbonyl (C=O) groups is 1. The summed E-state index contributed by atoms with van der Waals surface area (Å²) in [6.45, 7) is 5.62. The molecule has 2 aromatic rings. The minimum Gasteiger partial charge on any atom is -0.444 e. The van der Waals surface area contributed by atoms with E-state index in [0.717, 1.165) is 18.2 Å². The van der Waals surface area contributed by atoms with Crippen molar-refractivity contribution in [2.75, 3.05) is 18.0 Å². The molecule has 0 saturated carbocycles. The Balaban J connectivity index is 1.87. The standard InChI is InChI=1S/C20H24F2N4O3/c1-20(2,3)29-19(28)25-17-10-26(18-23-7-12(11-27)8-24-18)9-15(17)14-6-13(21)4-5-16(14)22/h4-8,15,17,27H,9-11H2,1-3H3,(H,25,28)/t15-,17+/m1/s1. The van der Waals surface area contributed by atoms with E-state index in [1.807, 2.05) is 0 Å². The van der Waals surface area contributed by atoms with Gasteiger partial charge in [0.25, 0.3) is 0 Å². The Bertz CT molecular complexity index is 871. The van der Waals surface area contributed by atoms with Gasteiger partial charge in [-0.2, -0.15) is 0 Å². The molecule has 0 spiro atoms. The highest BCUT2D eigenvalue weighted by atomic mass is 19.1. The van der Waals surface area contributed by atoms with Gasteiger partial charge in [-0.05, 0) is 44.5 Å². The molecule has 9 heteroatoms. The number of nitrogens with one attached hydrogen (secondary N) is 1. The maximum atomic E-state index is 14.4. The van der Waals surface area contributed by atoms with E-state index in [0.29, 0.717) is 18.1 Å². The van der Waals surface area contributed by atoms with Crippen LogP contribution in [0.1, 0.15) is 37.8 Å². The molecule has 1 fully saturated rings. The lowest BCUT2D eigenvalue weighted by Gasteiger charge is -2.24. The van der Waals surface area contributed by atoms with Crippen molar-refractivity contribution in [2.24, 2.45) is 0 Å². The molecule has 1 aliphatic rings. The summed E-state index contributed by atoms with van der Waals surface area (Å²) in [4.78, 5) is 22.5. The maximum Gasteiger partial charge on any atom is 0.407 e. The number of hydrogen-bond acceptors (Lipinski definition) is 6. The highest BCUT2D eigenvalue weighted by molar-refractivity contribution is 5.68. The number of carbonyl (C=O) groups excluding carboxylic acids is 1. The molecule has 3 rings (SSSR count). The fourth-order valence-electron chi connectivity index (χ4n) is 3.28. The van der Waals surface area contributed by atoms with E-state index in [-0.39, 0.29) is 18.7 Å². The SMILES string of the molecule is CC(C)(C)OC(=O)N[C@H]1CN(c2ncc(CO)cn2)C[C@@H]1c1cc(F)ccc1F. The molecule has 1 aromatic carbocycles. The van der Waals surface area contributed by atoms with Gasteiger partial charge in [-0.3, -0.25) is 0 Å². The lowest BCUT2D eigenvalue weighted by atomic mass is 9.94. The summed E-state index contributed by atoms with van der Waals surface area (Å²) in [6.07, 6.45) is 2.35. The normalized spacial score (nSPS) is 19.3. The number of alkyl carbamates (subject to hydrolysis) is 1. The molecule has 1 saturated heterocycles. The molecule has 2 heterocycles. The van der Waals surface area contributed by atoms with E-state index in [1.165, 1.54) is 12.4 Å². The van der Waals surface area contributed by atoms with Gasteiger partial charge in [-0.25, -0.2) is 23.5 Å². The van der Waals surface area contributed by atoms with Crippen molar-refractivity contribution in [3.63, 3.8) is 0 Å². The zero-order valence-electron chi connectivity index (χ0n) is 16.5. The van der Waals surface area contributed by atoms with Crippen molar-refractivity contribution in [1.29, 1.82) is 0 Å². The molecule has 0 unspecified atom stereocenters. The van der Waals surface area contributed by atoms with Crippen LogP contribution in [0.5, 0.6) is 0 Å². The average Bonchev–Trinajstić information content (AvgIpc) is 3.05. The van der Waals surface area contributed by atoms with Crippen LogP contribution in [0.4, 0.5) is 19.5 Å². The van der Waals surface area contributed by atoms with Gasteiger partial charge in [-0.15, -0.1) is 0 Å². The predicted molar refractivity (Wildman–Crippen MR) is 102 cm³/mol. The first-order valence-electron chi connectivity index (χ1n) is 9.27. The van der Waals surface area contributed by atoms with Crippen LogP contribution >= 0.6 is 0 Å². The highest BCUT2D eigenvalue weighted by Crippen LogP contribution is 2.32. The third kappa shape index (κ3) is 5.17. The van der Waals surface area contributed by atoms with E-state index >= 15 is 0 Å². The fraction of sp³-hybridized carbons (Fsp3) is 0.450. The third-order valence-electron chi connectivity index (χ3n) is 4.54. The summed E-state index contributed by atoms with van der Waals surface area (Å²) in [6, 6.07) is 2.73. The monoisotopic (exact) mass is 406 g/mol. The number of hydrogen-bond donors (Lipinski definition) is 2. The number of nitrogens with zero attached hydrogens (tertiary/aromatic N) is 3. The minimum atomic E-state index is -0.689. The zero-order chi connectivity index (χ0) is 21.2. The Hall–Kier alpha value is -2.81. The number of aliphatic hydroxyl groups excluding tert-OH is 1. The van der Waals surface area contributed by atoms with Gasteiger partial charge in [0.1, 0.15) is 17.2 Å². The van der Waals surface area contributed by atoms with Crippen LogP contribution in [0.3, 0.4) is 0 Å². The van der Waals surface area contributed by atoms with Crippen molar-refractivity contribution in [2.45, 2.75) is 44.9 Å². The van der Waals surface area contributed by atoms with E-state index in [9.17, 15) is 13.6 Å². The molecule has 2 atom stereocenters. The van der Waals surface area contributed by atoms with Crippen LogP contribution in [0.25, 0.3) is 0 Å². The number of anilines is 1. The molecule has 0 bridgehead atoms. The predicted octanol–water partition coefficient (Wildman–Crippen LogP) is 2.74. The van der Waals surface area contributed by atoms with Crippen LogP contribution in [-0.4, -0.2) is 45.9 Å². The number of halogens is 2. The van der Waals surface area contributed by atoms with E-state index < -0.39 is 35.3 Å².